The molecule has 2 aliphatic rings. The molecule has 0 unspecified atom stereocenters. The van der Waals surface area contributed by atoms with Gasteiger partial charge in [-0.2, -0.15) is 5.48 Å². The molecule has 2 heterocycles. The molecule has 0 radical (unpaired) electrons. The smallest absolute Gasteiger partial charge is 0.206 e. The van der Waals surface area contributed by atoms with E-state index >= 15 is 0 Å². The molecule has 0 spiro atoms. The fraction of sp³-hybridized carbons (Fsp3) is 0.600. The van der Waals surface area contributed by atoms with Gasteiger partial charge >= 0.3 is 0 Å². The monoisotopic (exact) mass is 279 g/mol. The van der Waals surface area contributed by atoms with Crippen LogP contribution in [0.15, 0.2) is 30.3 Å². The first-order chi connectivity index (χ1) is 9.61. The van der Waals surface area contributed by atoms with Crippen LogP contribution in [0.25, 0.3) is 0 Å². The fourth-order valence-electron chi connectivity index (χ4n) is 2.77. The fourth-order valence-corrected chi connectivity index (χ4v) is 2.77. The van der Waals surface area contributed by atoms with Crippen LogP contribution in [0.2, 0.25) is 0 Å². The minimum Gasteiger partial charge on any atom is -0.349 e. The van der Waals surface area contributed by atoms with Crippen molar-refractivity contribution < 1.29 is 19.0 Å². The van der Waals surface area contributed by atoms with Crippen molar-refractivity contribution >= 4 is 0 Å². The van der Waals surface area contributed by atoms with Gasteiger partial charge in [0.2, 0.25) is 6.29 Å². The third-order valence-electron chi connectivity index (χ3n) is 3.56. The molecule has 0 aliphatic carbocycles. The van der Waals surface area contributed by atoms with Crippen molar-refractivity contribution in [1.82, 2.24) is 5.48 Å². The Kier molecular flexibility index (Phi) is 3.79. The molecule has 1 aromatic carbocycles. The summed E-state index contributed by atoms with van der Waals surface area (Å²) in [6.07, 6.45) is -0.833. The van der Waals surface area contributed by atoms with E-state index in [2.05, 4.69) is 5.48 Å². The maximum atomic E-state index is 6.05. The summed E-state index contributed by atoms with van der Waals surface area (Å²) in [7, 11) is 0. The van der Waals surface area contributed by atoms with E-state index in [-0.39, 0.29) is 18.2 Å². The summed E-state index contributed by atoms with van der Waals surface area (Å²) in [6.45, 7) is 6.32. The van der Waals surface area contributed by atoms with E-state index in [4.69, 9.17) is 19.0 Å². The van der Waals surface area contributed by atoms with E-state index in [9.17, 15) is 0 Å². The molecule has 2 aliphatic heterocycles. The molecule has 4 atom stereocenters. The van der Waals surface area contributed by atoms with E-state index in [1.807, 2.05) is 51.1 Å². The molecule has 3 rings (SSSR count). The summed E-state index contributed by atoms with van der Waals surface area (Å²) in [4.78, 5) is 5.62. The van der Waals surface area contributed by atoms with Crippen LogP contribution in [0, 0.1) is 0 Å². The molecule has 5 nitrogen and oxygen atoms in total. The predicted octanol–water partition coefficient (Wildman–Crippen LogP) is 2.15. The van der Waals surface area contributed by atoms with Crippen molar-refractivity contribution in [3.8, 4) is 0 Å². The zero-order valence-electron chi connectivity index (χ0n) is 12.0. The van der Waals surface area contributed by atoms with E-state index in [0.29, 0.717) is 6.61 Å². The largest absolute Gasteiger partial charge is 0.349 e. The Balaban J connectivity index is 1.85. The average molecular weight is 279 g/mol. The van der Waals surface area contributed by atoms with E-state index in [1.54, 1.807) is 0 Å². The van der Waals surface area contributed by atoms with E-state index in [1.165, 1.54) is 0 Å². The highest BCUT2D eigenvalue weighted by atomic mass is 16.8. The molecule has 0 aromatic heterocycles. The highest BCUT2D eigenvalue weighted by Gasteiger charge is 2.52. The molecule has 20 heavy (non-hydrogen) atoms. The van der Waals surface area contributed by atoms with Crippen LogP contribution in [0.3, 0.4) is 0 Å². The Morgan fingerprint density at radius 1 is 1.15 bits per heavy atom. The van der Waals surface area contributed by atoms with Gasteiger partial charge in [-0.05, 0) is 26.3 Å². The lowest BCUT2D eigenvalue weighted by Gasteiger charge is -2.37. The highest BCUT2D eigenvalue weighted by Crippen LogP contribution is 2.40. The van der Waals surface area contributed by atoms with Gasteiger partial charge in [0.05, 0.1) is 6.04 Å². The molecule has 0 saturated carbocycles. The Morgan fingerprint density at radius 2 is 1.85 bits per heavy atom. The molecular formula is C15H21NO4. The lowest BCUT2D eigenvalue weighted by atomic mass is 9.97. The lowest BCUT2D eigenvalue weighted by molar-refractivity contribution is -0.265. The minimum atomic E-state index is -0.632. The molecule has 1 N–H and O–H groups in total. The third-order valence-corrected chi connectivity index (χ3v) is 3.56. The van der Waals surface area contributed by atoms with E-state index < -0.39 is 12.1 Å². The van der Waals surface area contributed by atoms with Gasteiger partial charge in [0.1, 0.15) is 12.2 Å². The topological polar surface area (TPSA) is 49.0 Å². The van der Waals surface area contributed by atoms with Crippen LogP contribution < -0.4 is 5.48 Å². The molecule has 110 valence electrons. The van der Waals surface area contributed by atoms with Crippen LogP contribution >= 0.6 is 0 Å². The number of nitrogens with one attached hydrogen (secondary N) is 1. The Labute approximate surface area is 119 Å². The molecule has 2 fully saturated rings. The van der Waals surface area contributed by atoms with E-state index in [0.717, 1.165) is 5.56 Å². The summed E-state index contributed by atoms with van der Waals surface area (Å²) in [5.41, 5.74) is 4.16. The van der Waals surface area contributed by atoms with Crippen LogP contribution in [-0.2, 0) is 19.0 Å². The van der Waals surface area contributed by atoms with Crippen LogP contribution in [-0.4, -0.2) is 30.9 Å². The quantitative estimate of drug-likeness (QED) is 0.918. The van der Waals surface area contributed by atoms with Crippen LogP contribution in [0.1, 0.15) is 32.4 Å². The molecule has 0 amide bonds. The molecule has 1 aromatic rings. The zero-order valence-corrected chi connectivity index (χ0v) is 12.0. The summed E-state index contributed by atoms with van der Waals surface area (Å²) in [5, 5.41) is 0. The van der Waals surface area contributed by atoms with Crippen molar-refractivity contribution in [1.29, 1.82) is 0 Å². The summed E-state index contributed by atoms with van der Waals surface area (Å²) < 4.78 is 17.6. The third kappa shape index (κ3) is 2.60. The van der Waals surface area contributed by atoms with Crippen molar-refractivity contribution in [2.24, 2.45) is 0 Å². The number of rotatable bonds is 3. The van der Waals surface area contributed by atoms with Crippen molar-refractivity contribution in [2.45, 2.75) is 51.1 Å². The highest BCUT2D eigenvalue weighted by molar-refractivity contribution is 5.21. The van der Waals surface area contributed by atoms with Gasteiger partial charge in [0, 0.05) is 6.61 Å². The number of benzene rings is 1. The second kappa shape index (κ2) is 5.42. The Hall–Kier alpha value is -0.980. The number of hydrogen-bond donors (Lipinski definition) is 1. The van der Waals surface area contributed by atoms with Crippen molar-refractivity contribution in [3.05, 3.63) is 35.9 Å². The van der Waals surface area contributed by atoms with Crippen LogP contribution in [0.4, 0.5) is 0 Å². The van der Waals surface area contributed by atoms with Gasteiger partial charge in [-0.1, -0.05) is 30.3 Å². The van der Waals surface area contributed by atoms with Crippen LogP contribution in [0.5, 0.6) is 0 Å². The summed E-state index contributed by atoms with van der Waals surface area (Å²) >= 11 is 0. The molecule has 0 bridgehead atoms. The number of ether oxygens (including phenoxy) is 3. The molecule has 2 saturated heterocycles. The maximum absolute atomic E-state index is 6.05. The number of fused-ring (bicyclic) bond motifs is 1. The van der Waals surface area contributed by atoms with Gasteiger partial charge in [-0.15, -0.1) is 0 Å². The number of hydroxylamine groups is 1. The second-order valence-electron chi connectivity index (χ2n) is 5.51. The standard InChI is InChI=1S/C15H21NO4/c1-4-17-14-13-12(18-15(2,3)19-13)11(16-20-14)10-8-6-5-7-9-10/h5-9,11-14,16H,4H2,1-3H3/t11-,12+,13+,14+/m1/s1. The predicted molar refractivity (Wildman–Crippen MR) is 72.6 cm³/mol. The van der Waals surface area contributed by atoms with Gasteiger partial charge in [-0.3, -0.25) is 4.84 Å². The first-order valence-corrected chi connectivity index (χ1v) is 7.04. The van der Waals surface area contributed by atoms with Gasteiger partial charge in [0.25, 0.3) is 0 Å². The van der Waals surface area contributed by atoms with Crippen molar-refractivity contribution in [2.75, 3.05) is 6.61 Å². The SMILES string of the molecule is CCO[C@H]1ON[C@H](c2ccccc2)[C@@H]2OC(C)(C)O[C@H]12. The average Bonchev–Trinajstić information content (AvgIpc) is 2.76. The first kappa shape index (κ1) is 14.0. The second-order valence-corrected chi connectivity index (χ2v) is 5.51. The summed E-state index contributed by atoms with van der Waals surface area (Å²) in [5.74, 6) is -0.632. The Bertz CT molecular complexity index is 450. The maximum Gasteiger partial charge on any atom is 0.206 e. The normalized spacial score (nSPS) is 35.8. The Morgan fingerprint density at radius 3 is 2.55 bits per heavy atom. The van der Waals surface area contributed by atoms with Crippen molar-refractivity contribution in [3.63, 3.8) is 0 Å². The minimum absolute atomic E-state index is 0.0697. The summed E-state index contributed by atoms with van der Waals surface area (Å²) in [6, 6.07) is 10.0. The number of hydrogen-bond acceptors (Lipinski definition) is 5. The van der Waals surface area contributed by atoms with Gasteiger partial charge in [0.15, 0.2) is 5.79 Å². The van der Waals surface area contributed by atoms with Gasteiger partial charge in [-0.25, -0.2) is 0 Å². The zero-order chi connectivity index (χ0) is 14.2. The van der Waals surface area contributed by atoms with Gasteiger partial charge < -0.3 is 14.2 Å². The molecular weight excluding hydrogens is 258 g/mol. The first-order valence-electron chi connectivity index (χ1n) is 7.04. The molecule has 5 heteroatoms. The lowest BCUT2D eigenvalue weighted by Crippen LogP contribution is -2.53.